The Morgan fingerprint density at radius 2 is 1.93 bits per heavy atom. The van der Waals surface area contributed by atoms with E-state index in [1.807, 2.05) is 0 Å². The molecule has 0 heterocycles. The third-order valence-corrected chi connectivity index (χ3v) is 1.34. The van der Waals surface area contributed by atoms with Gasteiger partial charge < -0.3 is 10.4 Å². The first-order valence-electron chi connectivity index (χ1n) is 4.41. The lowest BCUT2D eigenvalue weighted by Crippen LogP contribution is -2.19. The van der Waals surface area contributed by atoms with Crippen LogP contribution >= 0.6 is 0 Å². The van der Waals surface area contributed by atoms with E-state index in [9.17, 15) is 9.59 Å². The SMILES string of the molecule is C=C(CC)C(=O)O.C=CCNC(=O)C=C. The fraction of sp³-hybridized carbons (Fsp3) is 0.273. The Bertz CT molecular complexity index is 257. The molecule has 4 heteroatoms. The van der Waals surface area contributed by atoms with E-state index in [1.165, 1.54) is 6.08 Å². The number of amides is 1. The quantitative estimate of drug-likeness (QED) is 0.535. The minimum atomic E-state index is -0.900. The van der Waals surface area contributed by atoms with E-state index >= 15 is 0 Å². The Morgan fingerprint density at radius 3 is 2.13 bits per heavy atom. The smallest absolute Gasteiger partial charge is 0.330 e. The molecule has 0 unspecified atom stereocenters. The molecule has 4 nitrogen and oxygen atoms in total. The maximum Gasteiger partial charge on any atom is 0.330 e. The topological polar surface area (TPSA) is 66.4 Å². The molecule has 0 bridgehead atoms. The zero-order valence-electron chi connectivity index (χ0n) is 8.95. The van der Waals surface area contributed by atoms with Crippen molar-refractivity contribution in [1.29, 1.82) is 0 Å². The molecule has 2 N–H and O–H groups in total. The van der Waals surface area contributed by atoms with Gasteiger partial charge in [-0.15, -0.1) is 6.58 Å². The Hall–Kier alpha value is -1.84. The second-order valence-electron chi connectivity index (χ2n) is 2.50. The predicted molar refractivity (Wildman–Crippen MR) is 60.5 cm³/mol. The van der Waals surface area contributed by atoms with Crippen LogP contribution < -0.4 is 5.32 Å². The van der Waals surface area contributed by atoms with Crippen LogP contribution in [-0.4, -0.2) is 23.5 Å². The van der Waals surface area contributed by atoms with Gasteiger partial charge in [-0.05, 0) is 12.5 Å². The van der Waals surface area contributed by atoms with Gasteiger partial charge in [0, 0.05) is 12.1 Å². The molecule has 0 atom stereocenters. The summed E-state index contributed by atoms with van der Waals surface area (Å²) in [7, 11) is 0. The molecular formula is C11H17NO3. The lowest BCUT2D eigenvalue weighted by molar-refractivity contribution is -0.132. The first kappa shape index (κ1) is 15.6. The number of carboxylic acids is 1. The lowest BCUT2D eigenvalue weighted by Gasteiger charge is -1.91. The van der Waals surface area contributed by atoms with E-state index < -0.39 is 5.97 Å². The van der Waals surface area contributed by atoms with Crippen molar-refractivity contribution in [3.05, 3.63) is 37.5 Å². The van der Waals surface area contributed by atoms with E-state index in [2.05, 4.69) is 25.1 Å². The van der Waals surface area contributed by atoms with Crippen LogP contribution in [0.4, 0.5) is 0 Å². The minimum Gasteiger partial charge on any atom is -0.478 e. The van der Waals surface area contributed by atoms with Crippen molar-refractivity contribution < 1.29 is 14.7 Å². The highest BCUT2D eigenvalue weighted by atomic mass is 16.4. The summed E-state index contributed by atoms with van der Waals surface area (Å²) in [4.78, 5) is 20.1. The molecule has 0 rings (SSSR count). The molecule has 0 aromatic rings. The van der Waals surface area contributed by atoms with Crippen LogP contribution in [0.15, 0.2) is 37.5 Å². The van der Waals surface area contributed by atoms with Gasteiger partial charge in [-0.1, -0.05) is 26.2 Å². The highest BCUT2D eigenvalue weighted by Crippen LogP contribution is 1.93. The summed E-state index contributed by atoms with van der Waals surface area (Å²) in [5.74, 6) is -1.06. The average molecular weight is 211 g/mol. The summed E-state index contributed by atoms with van der Waals surface area (Å²) < 4.78 is 0. The standard InChI is InChI=1S/C6H9NO.C5H8O2/c1-3-5-7-6(8)4-2;1-3-4(2)5(6)7/h3-4H,1-2,5H2,(H,7,8);2-3H2,1H3,(H,6,7). The molecular weight excluding hydrogens is 194 g/mol. The molecule has 84 valence electrons. The monoisotopic (exact) mass is 211 g/mol. The number of carbonyl (C=O) groups excluding carboxylic acids is 1. The number of carbonyl (C=O) groups is 2. The van der Waals surface area contributed by atoms with E-state index in [0.29, 0.717) is 13.0 Å². The first-order valence-corrected chi connectivity index (χ1v) is 4.41. The lowest BCUT2D eigenvalue weighted by atomic mass is 10.2. The summed E-state index contributed by atoms with van der Waals surface area (Å²) in [6.07, 6.45) is 3.36. The van der Waals surface area contributed by atoms with Gasteiger partial charge in [0.25, 0.3) is 0 Å². The predicted octanol–water partition coefficient (Wildman–Crippen LogP) is 1.51. The van der Waals surface area contributed by atoms with Crippen molar-refractivity contribution in [2.45, 2.75) is 13.3 Å². The van der Waals surface area contributed by atoms with E-state index in [-0.39, 0.29) is 11.5 Å². The maximum absolute atomic E-state index is 10.3. The number of carboxylic acid groups (broad SMARTS) is 1. The molecule has 0 saturated carbocycles. The Kier molecular flexibility index (Phi) is 10.7. The number of aliphatic carboxylic acids is 1. The van der Waals surface area contributed by atoms with Gasteiger partial charge in [0.15, 0.2) is 0 Å². The van der Waals surface area contributed by atoms with Crippen LogP contribution in [0.3, 0.4) is 0 Å². The molecule has 0 aliphatic carbocycles. The van der Waals surface area contributed by atoms with E-state index in [4.69, 9.17) is 5.11 Å². The van der Waals surface area contributed by atoms with Crippen molar-refractivity contribution >= 4 is 11.9 Å². The average Bonchev–Trinajstić information content (AvgIpc) is 2.25. The fourth-order valence-corrected chi connectivity index (χ4v) is 0.396. The van der Waals surface area contributed by atoms with E-state index in [1.54, 1.807) is 13.0 Å². The third-order valence-electron chi connectivity index (χ3n) is 1.34. The van der Waals surface area contributed by atoms with Crippen molar-refractivity contribution in [2.24, 2.45) is 0 Å². The molecule has 0 aliphatic heterocycles. The highest BCUT2D eigenvalue weighted by molar-refractivity contribution is 5.86. The molecule has 1 amide bonds. The number of hydrogen-bond acceptors (Lipinski definition) is 2. The van der Waals surface area contributed by atoms with Crippen LogP contribution in [-0.2, 0) is 9.59 Å². The van der Waals surface area contributed by atoms with Crippen LogP contribution in [0.25, 0.3) is 0 Å². The first-order chi connectivity index (χ1) is 6.99. The summed E-state index contributed by atoms with van der Waals surface area (Å²) in [5.41, 5.74) is 0.264. The number of rotatable bonds is 5. The van der Waals surface area contributed by atoms with Crippen molar-refractivity contribution in [3.8, 4) is 0 Å². The number of hydrogen-bond donors (Lipinski definition) is 2. The normalized spacial score (nSPS) is 7.80. The molecule has 0 radical (unpaired) electrons. The molecule has 0 aromatic carbocycles. The van der Waals surface area contributed by atoms with Crippen molar-refractivity contribution in [1.82, 2.24) is 5.32 Å². The van der Waals surface area contributed by atoms with Crippen molar-refractivity contribution in [3.63, 3.8) is 0 Å². The fourth-order valence-electron chi connectivity index (χ4n) is 0.396. The van der Waals surface area contributed by atoms with Crippen LogP contribution in [0.5, 0.6) is 0 Å². The Labute approximate surface area is 90.0 Å². The van der Waals surface area contributed by atoms with Gasteiger partial charge in [0.1, 0.15) is 0 Å². The van der Waals surface area contributed by atoms with Gasteiger partial charge in [-0.25, -0.2) is 4.79 Å². The zero-order chi connectivity index (χ0) is 12.3. The summed E-state index contributed by atoms with van der Waals surface area (Å²) in [6.45, 7) is 12.2. The second kappa shape index (κ2) is 10.2. The summed E-state index contributed by atoms with van der Waals surface area (Å²) >= 11 is 0. The molecule has 15 heavy (non-hydrogen) atoms. The summed E-state index contributed by atoms with van der Waals surface area (Å²) in [6, 6.07) is 0. The van der Waals surface area contributed by atoms with Gasteiger partial charge in [0.05, 0.1) is 0 Å². The Balaban J connectivity index is 0. The molecule has 0 aromatic heterocycles. The minimum absolute atomic E-state index is 0.162. The van der Waals surface area contributed by atoms with Gasteiger partial charge in [0.2, 0.25) is 5.91 Å². The summed E-state index contributed by atoms with van der Waals surface area (Å²) in [5, 5.41) is 10.6. The van der Waals surface area contributed by atoms with Crippen molar-refractivity contribution in [2.75, 3.05) is 6.54 Å². The largest absolute Gasteiger partial charge is 0.478 e. The van der Waals surface area contributed by atoms with Crippen LogP contribution in [0.1, 0.15) is 13.3 Å². The molecule has 0 saturated heterocycles. The molecule has 0 fully saturated rings. The van der Waals surface area contributed by atoms with E-state index in [0.717, 1.165) is 0 Å². The maximum atomic E-state index is 10.3. The second-order valence-corrected chi connectivity index (χ2v) is 2.50. The van der Waals surface area contributed by atoms with Crippen LogP contribution in [0, 0.1) is 0 Å². The molecule has 0 spiro atoms. The van der Waals surface area contributed by atoms with Gasteiger partial charge in [-0.3, -0.25) is 4.79 Å². The Morgan fingerprint density at radius 1 is 1.40 bits per heavy atom. The zero-order valence-corrected chi connectivity index (χ0v) is 8.95. The molecule has 0 aliphatic rings. The van der Waals surface area contributed by atoms with Gasteiger partial charge >= 0.3 is 5.97 Å². The third kappa shape index (κ3) is 12.2. The van der Waals surface area contributed by atoms with Crippen LogP contribution in [0.2, 0.25) is 0 Å². The van der Waals surface area contributed by atoms with Gasteiger partial charge in [-0.2, -0.15) is 0 Å². The highest BCUT2D eigenvalue weighted by Gasteiger charge is 1.96. The number of nitrogens with one attached hydrogen (secondary N) is 1.